The Balaban J connectivity index is 1.79. The van der Waals surface area contributed by atoms with Gasteiger partial charge in [-0.05, 0) is 37.5 Å². The number of nitrogens with one attached hydrogen (secondary N) is 2. The molecule has 6 nitrogen and oxygen atoms in total. The van der Waals surface area contributed by atoms with Gasteiger partial charge < -0.3 is 20.1 Å². The van der Waals surface area contributed by atoms with Gasteiger partial charge in [0.25, 0.3) is 0 Å². The Hall–Kier alpha value is -2.57. The first kappa shape index (κ1) is 20.7. The standard InChI is InChI=1S/C20H30FN5O/c1-5-22-20(24-14-18-13-19(15(2)3)25-27-18)23-10-7-11-26(4)17-9-6-8-16(21)12-17/h6,8-9,12-13,15H,5,7,10-11,14H2,1-4H3,(H2,22,23,24). The molecule has 7 heteroatoms. The monoisotopic (exact) mass is 375 g/mol. The van der Waals surface area contributed by atoms with Crippen LogP contribution in [0.3, 0.4) is 0 Å². The minimum Gasteiger partial charge on any atom is -0.374 e. The van der Waals surface area contributed by atoms with Crippen LogP contribution >= 0.6 is 0 Å². The summed E-state index contributed by atoms with van der Waals surface area (Å²) in [6, 6.07) is 8.58. The Morgan fingerprint density at radius 2 is 2.11 bits per heavy atom. The van der Waals surface area contributed by atoms with Gasteiger partial charge in [0.1, 0.15) is 12.4 Å². The summed E-state index contributed by atoms with van der Waals surface area (Å²) in [6.07, 6.45) is 0.900. The van der Waals surface area contributed by atoms with Crippen molar-refractivity contribution in [1.82, 2.24) is 15.8 Å². The maximum absolute atomic E-state index is 13.3. The van der Waals surface area contributed by atoms with Crippen molar-refractivity contribution >= 4 is 11.6 Å². The summed E-state index contributed by atoms with van der Waals surface area (Å²) in [4.78, 5) is 6.58. The number of guanidine groups is 1. The van der Waals surface area contributed by atoms with Crippen LogP contribution in [0.25, 0.3) is 0 Å². The molecule has 0 saturated heterocycles. The minimum atomic E-state index is -0.216. The predicted octanol–water partition coefficient (Wildman–Crippen LogP) is 3.52. The van der Waals surface area contributed by atoms with Crippen LogP contribution in [0.5, 0.6) is 0 Å². The third kappa shape index (κ3) is 6.92. The van der Waals surface area contributed by atoms with E-state index in [1.165, 1.54) is 6.07 Å². The van der Waals surface area contributed by atoms with Crippen molar-refractivity contribution in [3.8, 4) is 0 Å². The van der Waals surface area contributed by atoms with Gasteiger partial charge in [0.15, 0.2) is 11.7 Å². The van der Waals surface area contributed by atoms with E-state index in [0.29, 0.717) is 12.5 Å². The Morgan fingerprint density at radius 3 is 2.78 bits per heavy atom. The lowest BCUT2D eigenvalue weighted by Gasteiger charge is -2.19. The van der Waals surface area contributed by atoms with Gasteiger partial charge >= 0.3 is 0 Å². The quantitative estimate of drug-likeness (QED) is 0.399. The largest absolute Gasteiger partial charge is 0.374 e. The molecule has 148 valence electrons. The van der Waals surface area contributed by atoms with Gasteiger partial charge in [-0.25, -0.2) is 9.38 Å². The summed E-state index contributed by atoms with van der Waals surface area (Å²) in [5.41, 5.74) is 1.82. The molecule has 2 aromatic rings. The number of hydrogen-bond acceptors (Lipinski definition) is 4. The average Bonchev–Trinajstić information content (AvgIpc) is 3.12. The molecule has 0 aliphatic rings. The van der Waals surface area contributed by atoms with Gasteiger partial charge in [0.05, 0.1) is 5.69 Å². The van der Waals surface area contributed by atoms with Gasteiger partial charge in [-0.3, -0.25) is 0 Å². The summed E-state index contributed by atoms with van der Waals surface area (Å²) in [7, 11) is 1.96. The fourth-order valence-electron chi connectivity index (χ4n) is 2.54. The first-order chi connectivity index (χ1) is 13.0. The fourth-order valence-corrected chi connectivity index (χ4v) is 2.54. The summed E-state index contributed by atoms with van der Waals surface area (Å²) in [5.74, 6) is 1.62. The summed E-state index contributed by atoms with van der Waals surface area (Å²) in [6.45, 7) is 8.99. The number of nitrogens with zero attached hydrogens (tertiary/aromatic N) is 3. The molecule has 0 aliphatic carbocycles. The fraction of sp³-hybridized carbons (Fsp3) is 0.500. The van der Waals surface area contributed by atoms with Crippen LogP contribution in [-0.2, 0) is 6.54 Å². The molecule has 0 atom stereocenters. The van der Waals surface area contributed by atoms with Crippen LogP contribution in [0.2, 0.25) is 0 Å². The molecule has 2 rings (SSSR count). The second kappa shape index (κ2) is 10.5. The maximum Gasteiger partial charge on any atom is 0.191 e. The molecule has 1 aromatic heterocycles. The zero-order valence-corrected chi connectivity index (χ0v) is 16.6. The van der Waals surface area contributed by atoms with Crippen molar-refractivity contribution in [1.29, 1.82) is 0 Å². The van der Waals surface area contributed by atoms with E-state index >= 15 is 0 Å². The second-order valence-electron chi connectivity index (χ2n) is 6.75. The van der Waals surface area contributed by atoms with Crippen molar-refractivity contribution < 1.29 is 8.91 Å². The van der Waals surface area contributed by atoms with Gasteiger partial charge in [0.2, 0.25) is 0 Å². The summed E-state index contributed by atoms with van der Waals surface area (Å²) < 4.78 is 18.6. The van der Waals surface area contributed by atoms with Crippen molar-refractivity contribution in [2.75, 3.05) is 31.6 Å². The lowest BCUT2D eigenvalue weighted by molar-refractivity contribution is 0.376. The molecular formula is C20H30FN5O. The molecule has 0 amide bonds. The van der Waals surface area contributed by atoms with E-state index in [4.69, 9.17) is 4.52 Å². The second-order valence-corrected chi connectivity index (χ2v) is 6.75. The average molecular weight is 375 g/mol. The SMILES string of the molecule is CCNC(=NCc1cc(C(C)C)no1)NCCCN(C)c1cccc(F)c1. The highest BCUT2D eigenvalue weighted by Crippen LogP contribution is 2.15. The van der Waals surface area contributed by atoms with Gasteiger partial charge in [-0.15, -0.1) is 0 Å². The third-order valence-corrected chi connectivity index (χ3v) is 4.12. The molecule has 0 radical (unpaired) electrons. The molecule has 1 heterocycles. The Labute approximate surface area is 160 Å². The van der Waals surface area contributed by atoms with Crippen molar-refractivity contribution in [2.24, 2.45) is 4.99 Å². The Kier molecular flexibility index (Phi) is 8.10. The molecule has 0 saturated carbocycles. The van der Waals surface area contributed by atoms with E-state index in [2.05, 4.69) is 34.6 Å². The lowest BCUT2D eigenvalue weighted by atomic mass is 10.1. The van der Waals surface area contributed by atoms with Crippen molar-refractivity contribution in [2.45, 2.75) is 39.7 Å². The van der Waals surface area contributed by atoms with E-state index in [0.717, 1.165) is 49.2 Å². The topological polar surface area (TPSA) is 65.7 Å². The van der Waals surface area contributed by atoms with Crippen LogP contribution in [0, 0.1) is 5.82 Å². The number of rotatable bonds is 9. The zero-order valence-electron chi connectivity index (χ0n) is 16.6. The third-order valence-electron chi connectivity index (χ3n) is 4.12. The first-order valence-corrected chi connectivity index (χ1v) is 9.44. The van der Waals surface area contributed by atoms with E-state index < -0.39 is 0 Å². The number of aliphatic imine (C=N–C) groups is 1. The van der Waals surface area contributed by atoms with E-state index in [1.807, 2.05) is 31.0 Å². The number of aromatic nitrogens is 1. The van der Waals surface area contributed by atoms with E-state index in [1.54, 1.807) is 12.1 Å². The molecule has 27 heavy (non-hydrogen) atoms. The number of halogens is 1. The smallest absolute Gasteiger partial charge is 0.191 e. The normalized spacial score (nSPS) is 11.7. The zero-order chi connectivity index (χ0) is 19.6. The Morgan fingerprint density at radius 1 is 1.30 bits per heavy atom. The molecule has 0 unspecified atom stereocenters. The molecule has 0 fully saturated rings. The minimum absolute atomic E-state index is 0.216. The van der Waals surface area contributed by atoms with Gasteiger partial charge in [0, 0.05) is 38.4 Å². The summed E-state index contributed by atoms with van der Waals surface area (Å²) >= 11 is 0. The molecule has 0 spiro atoms. The number of hydrogen-bond donors (Lipinski definition) is 2. The number of benzene rings is 1. The van der Waals surface area contributed by atoms with Crippen LogP contribution in [0.15, 0.2) is 39.8 Å². The van der Waals surface area contributed by atoms with Gasteiger partial charge in [-0.2, -0.15) is 0 Å². The molecule has 0 bridgehead atoms. The van der Waals surface area contributed by atoms with Crippen LogP contribution in [-0.4, -0.2) is 37.8 Å². The first-order valence-electron chi connectivity index (χ1n) is 9.44. The highest BCUT2D eigenvalue weighted by Gasteiger charge is 2.07. The van der Waals surface area contributed by atoms with Crippen molar-refractivity contribution in [3.05, 3.63) is 47.6 Å². The van der Waals surface area contributed by atoms with Crippen LogP contribution < -0.4 is 15.5 Å². The van der Waals surface area contributed by atoms with E-state index in [-0.39, 0.29) is 5.82 Å². The maximum atomic E-state index is 13.3. The predicted molar refractivity (Wildman–Crippen MR) is 108 cm³/mol. The Bertz CT molecular complexity index is 729. The molecule has 2 N–H and O–H groups in total. The van der Waals surface area contributed by atoms with E-state index in [9.17, 15) is 4.39 Å². The summed E-state index contributed by atoms with van der Waals surface area (Å²) in [5, 5.41) is 10.6. The van der Waals surface area contributed by atoms with Gasteiger partial charge in [-0.1, -0.05) is 25.1 Å². The number of anilines is 1. The highest BCUT2D eigenvalue weighted by atomic mass is 19.1. The molecular weight excluding hydrogens is 345 g/mol. The van der Waals surface area contributed by atoms with Crippen LogP contribution in [0.1, 0.15) is 44.6 Å². The molecule has 0 aliphatic heterocycles. The highest BCUT2D eigenvalue weighted by molar-refractivity contribution is 5.79. The van der Waals surface area contributed by atoms with Crippen LogP contribution in [0.4, 0.5) is 10.1 Å². The van der Waals surface area contributed by atoms with Crippen molar-refractivity contribution in [3.63, 3.8) is 0 Å². The lowest BCUT2D eigenvalue weighted by Crippen LogP contribution is -2.38. The molecule has 1 aromatic carbocycles.